The Labute approximate surface area is 170 Å². The van der Waals surface area contributed by atoms with Gasteiger partial charge in [0.2, 0.25) is 0 Å². The van der Waals surface area contributed by atoms with Crippen LogP contribution in [0.2, 0.25) is 0 Å². The van der Waals surface area contributed by atoms with Gasteiger partial charge in [0.25, 0.3) is 11.8 Å². The summed E-state index contributed by atoms with van der Waals surface area (Å²) < 4.78 is 20.3. The maximum atomic E-state index is 13.3. The van der Waals surface area contributed by atoms with Crippen LogP contribution in [0.1, 0.15) is 40.6 Å². The zero-order valence-corrected chi connectivity index (χ0v) is 16.0. The predicted molar refractivity (Wildman–Crippen MR) is 106 cm³/mol. The molecule has 0 atom stereocenters. The number of aromatic nitrogens is 5. The van der Waals surface area contributed by atoms with Crippen LogP contribution in [0.4, 0.5) is 10.1 Å². The number of carbonyl (C=O) groups is 1. The number of nitrogens with one attached hydrogen (secondary N) is 1. The molecular weight excluding hydrogens is 387 g/mol. The summed E-state index contributed by atoms with van der Waals surface area (Å²) in [6.45, 7) is 1.72. The molecule has 8 nitrogen and oxygen atoms in total. The smallest absolute Gasteiger partial charge is 0.275 e. The second-order valence-electron chi connectivity index (χ2n) is 7.19. The molecule has 150 valence electrons. The first-order valence-corrected chi connectivity index (χ1v) is 9.49. The van der Waals surface area contributed by atoms with Crippen molar-refractivity contribution in [1.82, 2.24) is 24.7 Å². The number of anilines is 1. The summed E-state index contributed by atoms with van der Waals surface area (Å²) >= 11 is 0. The molecule has 5 rings (SSSR count). The van der Waals surface area contributed by atoms with E-state index in [4.69, 9.17) is 4.52 Å². The highest BCUT2D eigenvalue weighted by atomic mass is 19.1. The number of hydrogen-bond donors (Lipinski definition) is 1. The van der Waals surface area contributed by atoms with Crippen LogP contribution in [-0.4, -0.2) is 30.6 Å². The molecule has 0 unspecified atom stereocenters. The highest BCUT2D eigenvalue weighted by Crippen LogP contribution is 2.39. The Balaban J connectivity index is 1.42. The number of aryl methyl sites for hydroxylation is 1. The van der Waals surface area contributed by atoms with Gasteiger partial charge in [0.05, 0.1) is 5.56 Å². The van der Waals surface area contributed by atoms with E-state index in [1.54, 1.807) is 30.0 Å². The van der Waals surface area contributed by atoms with E-state index >= 15 is 0 Å². The fourth-order valence-corrected chi connectivity index (χ4v) is 3.13. The number of rotatable bonds is 5. The van der Waals surface area contributed by atoms with Crippen molar-refractivity contribution in [1.29, 1.82) is 0 Å². The Morgan fingerprint density at radius 3 is 2.93 bits per heavy atom. The van der Waals surface area contributed by atoms with Crippen molar-refractivity contribution in [2.24, 2.45) is 0 Å². The van der Waals surface area contributed by atoms with Crippen molar-refractivity contribution in [3.63, 3.8) is 0 Å². The summed E-state index contributed by atoms with van der Waals surface area (Å²) in [5, 5.41) is 6.80. The summed E-state index contributed by atoms with van der Waals surface area (Å²) in [5.74, 6) is 1.22. The van der Waals surface area contributed by atoms with E-state index in [1.807, 2.05) is 6.07 Å². The van der Waals surface area contributed by atoms with Crippen LogP contribution in [0.3, 0.4) is 0 Å². The molecule has 1 aromatic carbocycles. The van der Waals surface area contributed by atoms with Crippen molar-refractivity contribution in [2.45, 2.75) is 25.7 Å². The molecule has 1 fully saturated rings. The summed E-state index contributed by atoms with van der Waals surface area (Å²) in [6, 6.07) is 7.77. The number of nitrogens with zero attached hydrogens (tertiary/aromatic N) is 5. The lowest BCUT2D eigenvalue weighted by molar-refractivity contribution is 0.102. The number of imidazole rings is 1. The fourth-order valence-electron chi connectivity index (χ4n) is 3.13. The minimum atomic E-state index is -0.408. The molecule has 0 radical (unpaired) electrons. The molecular formula is C21H17FN6O2. The topological polar surface area (TPSA) is 98.7 Å². The van der Waals surface area contributed by atoms with E-state index in [2.05, 4.69) is 25.4 Å². The lowest BCUT2D eigenvalue weighted by Crippen LogP contribution is -2.13. The van der Waals surface area contributed by atoms with Gasteiger partial charge in [-0.15, -0.1) is 0 Å². The fraction of sp³-hybridized carbons (Fsp3) is 0.190. The lowest BCUT2D eigenvalue weighted by Gasteiger charge is -2.07. The first kappa shape index (κ1) is 18.2. The van der Waals surface area contributed by atoms with Gasteiger partial charge in [-0.05, 0) is 55.7 Å². The van der Waals surface area contributed by atoms with Crippen LogP contribution in [0.5, 0.6) is 0 Å². The van der Waals surface area contributed by atoms with Gasteiger partial charge in [-0.25, -0.2) is 14.4 Å². The van der Waals surface area contributed by atoms with E-state index in [0.717, 1.165) is 12.8 Å². The maximum absolute atomic E-state index is 13.3. The molecule has 1 aliphatic rings. The molecule has 4 aromatic rings. The molecule has 30 heavy (non-hydrogen) atoms. The van der Waals surface area contributed by atoms with Gasteiger partial charge in [0, 0.05) is 24.0 Å². The minimum Gasteiger partial charge on any atom is -0.334 e. The first-order valence-electron chi connectivity index (χ1n) is 9.49. The molecule has 3 heterocycles. The third-order valence-electron chi connectivity index (χ3n) is 4.90. The lowest BCUT2D eigenvalue weighted by atomic mass is 10.2. The molecule has 0 aliphatic heterocycles. The standard InChI is InChI=1S/C21H17FN6O2/c1-12-9-14(22)6-7-16(12)25-20(29)17-10-28(11-24-17)19-15(3-2-8-23-19)21-26-18(27-30-21)13-4-5-13/h2-3,6-11,13H,4-5H2,1H3,(H,25,29). The average Bonchev–Trinajstić information content (AvgIpc) is 3.27. The molecule has 3 aromatic heterocycles. The molecule has 0 saturated heterocycles. The average molecular weight is 404 g/mol. The first-order chi connectivity index (χ1) is 14.6. The van der Waals surface area contributed by atoms with Crippen LogP contribution in [-0.2, 0) is 0 Å². The molecule has 0 bridgehead atoms. The largest absolute Gasteiger partial charge is 0.334 e. The highest BCUT2D eigenvalue weighted by molar-refractivity contribution is 6.03. The van der Waals surface area contributed by atoms with Gasteiger partial charge in [-0.3, -0.25) is 9.36 Å². The third kappa shape index (κ3) is 3.45. The van der Waals surface area contributed by atoms with Crippen molar-refractivity contribution >= 4 is 11.6 Å². The predicted octanol–water partition coefficient (Wildman–Crippen LogP) is 3.89. The van der Waals surface area contributed by atoms with Crippen LogP contribution in [0, 0.1) is 12.7 Å². The van der Waals surface area contributed by atoms with Crippen molar-refractivity contribution in [3.05, 3.63) is 72.0 Å². The zero-order chi connectivity index (χ0) is 20.7. The SMILES string of the molecule is Cc1cc(F)ccc1NC(=O)c1cn(-c2ncccc2-c2nc(C3CC3)no2)cn1. The number of pyridine rings is 1. The van der Waals surface area contributed by atoms with Gasteiger partial charge in [0.1, 0.15) is 17.8 Å². The van der Waals surface area contributed by atoms with Gasteiger partial charge >= 0.3 is 0 Å². The zero-order valence-electron chi connectivity index (χ0n) is 16.0. The van der Waals surface area contributed by atoms with E-state index in [0.29, 0.717) is 40.3 Å². The second kappa shape index (κ2) is 7.18. The van der Waals surface area contributed by atoms with Gasteiger partial charge in [-0.2, -0.15) is 4.98 Å². The summed E-state index contributed by atoms with van der Waals surface area (Å²) in [4.78, 5) is 25.7. The molecule has 1 N–H and O–H groups in total. The molecule has 0 spiro atoms. The van der Waals surface area contributed by atoms with Gasteiger partial charge in [-0.1, -0.05) is 5.16 Å². The van der Waals surface area contributed by atoms with Crippen molar-refractivity contribution in [2.75, 3.05) is 5.32 Å². The molecule has 1 saturated carbocycles. The molecule has 1 amide bonds. The number of amides is 1. The van der Waals surface area contributed by atoms with Crippen molar-refractivity contribution < 1.29 is 13.7 Å². The Bertz CT molecular complexity index is 1240. The van der Waals surface area contributed by atoms with Crippen LogP contribution < -0.4 is 5.32 Å². The van der Waals surface area contributed by atoms with E-state index < -0.39 is 5.91 Å². The quantitative estimate of drug-likeness (QED) is 0.542. The van der Waals surface area contributed by atoms with Crippen molar-refractivity contribution in [3.8, 4) is 17.3 Å². The Morgan fingerprint density at radius 2 is 2.13 bits per heavy atom. The maximum Gasteiger partial charge on any atom is 0.275 e. The summed E-state index contributed by atoms with van der Waals surface area (Å²) in [5.41, 5.74) is 1.99. The van der Waals surface area contributed by atoms with Crippen LogP contribution in [0.25, 0.3) is 17.3 Å². The van der Waals surface area contributed by atoms with Crippen LogP contribution >= 0.6 is 0 Å². The monoisotopic (exact) mass is 404 g/mol. The number of hydrogen-bond acceptors (Lipinski definition) is 6. The molecule has 1 aliphatic carbocycles. The highest BCUT2D eigenvalue weighted by Gasteiger charge is 2.29. The molecule has 9 heteroatoms. The van der Waals surface area contributed by atoms with E-state index in [9.17, 15) is 9.18 Å². The summed E-state index contributed by atoms with van der Waals surface area (Å²) in [6.07, 6.45) is 6.85. The van der Waals surface area contributed by atoms with E-state index in [1.165, 1.54) is 24.5 Å². The van der Waals surface area contributed by atoms with Gasteiger partial charge in [0.15, 0.2) is 11.6 Å². The number of carbonyl (C=O) groups excluding carboxylic acids is 1. The number of halogens is 1. The van der Waals surface area contributed by atoms with E-state index in [-0.39, 0.29) is 11.5 Å². The second-order valence-corrected chi connectivity index (χ2v) is 7.19. The normalized spacial score (nSPS) is 13.4. The Kier molecular flexibility index (Phi) is 4.35. The Morgan fingerprint density at radius 1 is 1.27 bits per heavy atom. The minimum absolute atomic E-state index is 0.194. The van der Waals surface area contributed by atoms with Gasteiger partial charge < -0.3 is 9.84 Å². The third-order valence-corrected chi connectivity index (χ3v) is 4.90. The summed E-state index contributed by atoms with van der Waals surface area (Å²) in [7, 11) is 0. The van der Waals surface area contributed by atoms with Crippen LogP contribution in [0.15, 0.2) is 53.6 Å². The Hall–Kier alpha value is -3.88. The number of benzene rings is 1.